The number of rotatable bonds is 1. The fraction of sp³-hybridized carbons (Fsp3) is 0.500. The lowest BCUT2D eigenvalue weighted by molar-refractivity contribution is 0.119. The van der Waals surface area contributed by atoms with Crippen molar-refractivity contribution in [1.29, 1.82) is 0 Å². The van der Waals surface area contributed by atoms with Crippen LogP contribution in [0, 0.1) is 0 Å². The van der Waals surface area contributed by atoms with Crippen molar-refractivity contribution in [3.63, 3.8) is 0 Å². The van der Waals surface area contributed by atoms with Crippen molar-refractivity contribution in [2.75, 3.05) is 0 Å². The van der Waals surface area contributed by atoms with Gasteiger partial charge >= 0.3 is 0 Å². The van der Waals surface area contributed by atoms with Crippen LogP contribution in [-0.4, -0.2) is 23.7 Å². The van der Waals surface area contributed by atoms with Gasteiger partial charge in [0.1, 0.15) is 0 Å². The summed E-state index contributed by atoms with van der Waals surface area (Å²) < 4.78 is 0. The summed E-state index contributed by atoms with van der Waals surface area (Å²) in [5.74, 6) is 1.72. The zero-order chi connectivity index (χ0) is 7.78. The van der Waals surface area contributed by atoms with Crippen molar-refractivity contribution < 1.29 is 5.11 Å². The van der Waals surface area contributed by atoms with Crippen molar-refractivity contribution in [3.05, 3.63) is 11.7 Å². The summed E-state index contributed by atoms with van der Waals surface area (Å²) in [6.45, 7) is 3.35. The third kappa shape index (κ3) is 1.39. The van der Waals surface area contributed by atoms with Crippen LogP contribution in [0.3, 0.4) is 0 Å². The SMILES string of the molecule is CC(C)(O)C1=C[B]C(N)=N1. The van der Waals surface area contributed by atoms with Crippen molar-refractivity contribution in [1.82, 2.24) is 0 Å². The van der Waals surface area contributed by atoms with Crippen LogP contribution in [0.5, 0.6) is 0 Å². The molecule has 10 heavy (non-hydrogen) atoms. The van der Waals surface area contributed by atoms with E-state index in [1.807, 2.05) is 0 Å². The van der Waals surface area contributed by atoms with E-state index in [1.165, 1.54) is 0 Å². The highest BCUT2D eigenvalue weighted by molar-refractivity contribution is 6.79. The van der Waals surface area contributed by atoms with Crippen LogP contribution >= 0.6 is 0 Å². The molecule has 1 aliphatic rings. The van der Waals surface area contributed by atoms with Crippen LogP contribution in [0.1, 0.15) is 13.8 Å². The van der Waals surface area contributed by atoms with Crippen LogP contribution in [-0.2, 0) is 0 Å². The number of nitrogens with zero attached hydrogens (tertiary/aromatic N) is 1. The molecule has 1 heterocycles. The van der Waals surface area contributed by atoms with E-state index in [4.69, 9.17) is 5.73 Å². The zero-order valence-electron chi connectivity index (χ0n) is 6.13. The molecule has 0 aromatic heterocycles. The quantitative estimate of drug-likeness (QED) is 0.484. The predicted octanol–water partition coefficient (Wildman–Crippen LogP) is -0.369. The molecule has 0 atom stereocenters. The lowest BCUT2D eigenvalue weighted by atomic mass is 9.78. The minimum atomic E-state index is -0.877. The van der Waals surface area contributed by atoms with E-state index in [1.54, 1.807) is 27.1 Å². The number of aliphatic imine (C=N–C) groups is 1. The maximum atomic E-state index is 9.38. The van der Waals surface area contributed by atoms with Crippen LogP contribution in [0.15, 0.2) is 16.7 Å². The van der Waals surface area contributed by atoms with Crippen molar-refractivity contribution in [2.45, 2.75) is 19.4 Å². The average molecular weight is 137 g/mol. The molecule has 0 aromatic carbocycles. The van der Waals surface area contributed by atoms with E-state index >= 15 is 0 Å². The minimum absolute atomic E-state index is 0.456. The molecule has 0 spiro atoms. The summed E-state index contributed by atoms with van der Waals surface area (Å²) in [7, 11) is 1.67. The Bertz CT molecular complexity index is 202. The Morgan fingerprint density at radius 3 is 2.50 bits per heavy atom. The zero-order valence-corrected chi connectivity index (χ0v) is 6.13. The topological polar surface area (TPSA) is 58.6 Å². The number of hydrogen-bond acceptors (Lipinski definition) is 3. The second-order valence-electron chi connectivity index (χ2n) is 2.81. The molecule has 0 amide bonds. The Balaban J connectivity index is 2.77. The van der Waals surface area contributed by atoms with Gasteiger partial charge in [-0.15, -0.1) is 0 Å². The summed E-state index contributed by atoms with van der Waals surface area (Å²) >= 11 is 0. The fourth-order valence-electron chi connectivity index (χ4n) is 0.719. The molecule has 0 saturated carbocycles. The number of amidine groups is 1. The van der Waals surface area contributed by atoms with E-state index in [0.29, 0.717) is 11.4 Å². The Labute approximate surface area is 60.9 Å². The molecule has 0 saturated heterocycles. The lowest BCUT2D eigenvalue weighted by Crippen LogP contribution is -2.20. The second kappa shape index (κ2) is 2.13. The first-order valence-electron chi connectivity index (χ1n) is 3.12. The van der Waals surface area contributed by atoms with Crippen molar-refractivity contribution >= 4 is 13.0 Å². The largest absolute Gasteiger partial charge is 0.395 e. The monoisotopic (exact) mass is 137 g/mol. The van der Waals surface area contributed by atoms with E-state index in [-0.39, 0.29) is 0 Å². The summed E-state index contributed by atoms with van der Waals surface area (Å²) in [4.78, 5) is 3.91. The highest BCUT2D eigenvalue weighted by Crippen LogP contribution is 2.18. The van der Waals surface area contributed by atoms with E-state index in [2.05, 4.69) is 4.99 Å². The average Bonchev–Trinajstić information content (AvgIpc) is 2.11. The highest BCUT2D eigenvalue weighted by Gasteiger charge is 2.21. The Morgan fingerprint density at radius 1 is 1.70 bits per heavy atom. The van der Waals surface area contributed by atoms with Gasteiger partial charge in [0.2, 0.25) is 7.28 Å². The van der Waals surface area contributed by atoms with Gasteiger partial charge in [-0.05, 0) is 13.8 Å². The first-order chi connectivity index (χ1) is 4.50. The van der Waals surface area contributed by atoms with Gasteiger partial charge in [0.05, 0.1) is 17.0 Å². The first kappa shape index (κ1) is 7.34. The van der Waals surface area contributed by atoms with Gasteiger partial charge in [0.25, 0.3) is 0 Å². The van der Waals surface area contributed by atoms with Gasteiger partial charge < -0.3 is 10.8 Å². The number of aliphatic hydroxyl groups is 1. The summed E-state index contributed by atoms with van der Waals surface area (Å²) in [6, 6.07) is 0. The van der Waals surface area contributed by atoms with Crippen LogP contribution in [0.4, 0.5) is 0 Å². The molecule has 0 aliphatic carbocycles. The molecular weight excluding hydrogens is 127 g/mol. The van der Waals surface area contributed by atoms with Gasteiger partial charge in [-0.3, -0.25) is 0 Å². The molecular formula is C6H10BN2O. The van der Waals surface area contributed by atoms with Gasteiger partial charge in [0, 0.05) is 0 Å². The molecule has 1 aliphatic heterocycles. The first-order valence-corrected chi connectivity index (χ1v) is 3.12. The third-order valence-corrected chi connectivity index (χ3v) is 1.29. The molecule has 0 fully saturated rings. The number of nitrogens with two attached hydrogens (primary N) is 1. The van der Waals surface area contributed by atoms with Crippen molar-refractivity contribution in [3.8, 4) is 0 Å². The standard InChI is InChI=1S/C6H10BN2O/c1-6(2,10)4-3-7-5(8)9-4/h3,10H,1-2H3,(H2,8,9). The predicted molar refractivity (Wildman–Crippen MR) is 41.8 cm³/mol. The highest BCUT2D eigenvalue weighted by atomic mass is 16.3. The molecule has 3 nitrogen and oxygen atoms in total. The molecule has 0 bridgehead atoms. The van der Waals surface area contributed by atoms with Crippen molar-refractivity contribution in [2.24, 2.45) is 10.7 Å². The summed E-state index contributed by atoms with van der Waals surface area (Å²) in [5.41, 5.74) is 5.55. The van der Waals surface area contributed by atoms with Gasteiger partial charge in [-0.25, -0.2) is 4.99 Å². The third-order valence-electron chi connectivity index (χ3n) is 1.29. The smallest absolute Gasteiger partial charge is 0.232 e. The maximum absolute atomic E-state index is 9.38. The molecule has 1 radical (unpaired) electrons. The Morgan fingerprint density at radius 2 is 2.30 bits per heavy atom. The van der Waals surface area contributed by atoms with Crippen LogP contribution in [0.25, 0.3) is 0 Å². The maximum Gasteiger partial charge on any atom is 0.232 e. The molecule has 3 N–H and O–H groups in total. The van der Waals surface area contributed by atoms with Gasteiger partial charge in [-0.2, -0.15) is 0 Å². The number of hydrogen-bond donors (Lipinski definition) is 2. The molecule has 0 aromatic rings. The molecule has 1 rings (SSSR count). The van der Waals surface area contributed by atoms with E-state index in [9.17, 15) is 5.11 Å². The normalized spacial score (nSPS) is 17.9. The summed E-state index contributed by atoms with van der Waals surface area (Å²) in [6.07, 6.45) is 0. The van der Waals surface area contributed by atoms with E-state index in [0.717, 1.165) is 0 Å². The van der Waals surface area contributed by atoms with Crippen LogP contribution < -0.4 is 5.73 Å². The minimum Gasteiger partial charge on any atom is -0.395 e. The Hall–Kier alpha value is -0.765. The van der Waals surface area contributed by atoms with Crippen LogP contribution in [0.2, 0.25) is 0 Å². The Kier molecular flexibility index (Phi) is 1.56. The molecule has 0 unspecified atom stereocenters. The van der Waals surface area contributed by atoms with Gasteiger partial charge in [0.15, 0.2) is 0 Å². The lowest BCUT2D eigenvalue weighted by Gasteiger charge is -2.15. The van der Waals surface area contributed by atoms with E-state index < -0.39 is 5.60 Å². The molecule has 53 valence electrons. The molecule has 4 heteroatoms. The second-order valence-corrected chi connectivity index (χ2v) is 2.81. The fourth-order valence-corrected chi connectivity index (χ4v) is 0.719. The van der Waals surface area contributed by atoms with Gasteiger partial charge in [-0.1, -0.05) is 5.98 Å². The summed E-state index contributed by atoms with van der Waals surface area (Å²) in [5, 5.41) is 9.38.